The molecule has 0 aromatic carbocycles. The number of hydrogen-bond donors (Lipinski definition) is 2. The van der Waals surface area contributed by atoms with Crippen LogP contribution in [0.3, 0.4) is 0 Å². The summed E-state index contributed by atoms with van der Waals surface area (Å²) < 4.78 is 0. The Balaban J connectivity index is 2.28. The molecule has 0 aromatic rings. The first kappa shape index (κ1) is 10.0. The van der Waals surface area contributed by atoms with Gasteiger partial charge in [0.05, 0.1) is 0 Å². The summed E-state index contributed by atoms with van der Waals surface area (Å²) >= 11 is 0. The largest absolute Gasteiger partial charge is 0.316 e. The molecule has 0 aromatic heterocycles. The first-order chi connectivity index (χ1) is 5.64. The lowest BCUT2D eigenvalue weighted by atomic mass is 9.86. The fourth-order valence-electron chi connectivity index (χ4n) is 1.92. The van der Waals surface area contributed by atoms with Gasteiger partial charge in [0.25, 0.3) is 0 Å². The Hall–Kier alpha value is -0.0800. The van der Waals surface area contributed by atoms with Crippen LogP contribution in [0.2, 0.25) is 0 Å². The first-order valence-corrected chi connectivity index (χ1v) is 5.04. The van der Waals surface area contributed by atoms with E-state index in [2.05, 4.69) is 31.5 Å². The SMILES string of the molecule is CNC(C)(C)CC1CCCNC1. The van der Waals surface area contributed by atoms with Gasteiger partial charge in [0.1, 0.15) is 0 Å². The highest BCUT2D eigenvalue weighted by molar-refractivity contribution is 4.81. The van der Waals surface area contributed by atoms with Crippen molar-refractivity contribution in [2.75, 3.05) is 20.1 Å². The zero-order valence-corrected chi connectivity index (χ0v) is 8.61. The van der Waals surface area contributed by atoms with Crippen LogP contribution in [0.25, 0.3) is 0 Å². The summed E-state index contributed by atoms with van der Waals surface area (Å²) in [5, 5.41) is 6.81. The second-order valence-electron chi connectivity index (χ2n) is 4.55. The molecule has 0 bridgehead atoms. The molecule has 1 aliphatic heterocycles. The predicted molar refractivity (Wildman–Crippen MR) is 53.3 cm³/mol. The molecule has 12 heavy (non-hydrogen) atoms. The van der Waals surface area contributed by atoms with E-state index < -0.39 is 0 Å². The molecule has 72 valence electrons. The quantitative estimate of drug-likeness (QED) is 0.668. The Morgan fingerprint density at radius 3 is 2.75 bits per heavy atom. The van der Waals surface area contributed by atoms with E-state index in [1.54, 1.807) is 0 Å². The molecule has 1 atom stereocenters. The topological polar surface area (TPSA) is 24.1 Å². The van der Waals surface area contributed by atoms with E-state index >= 15 is 0 Å². The summed E-state index contributed by atoms with van der Waals surface area (Å²) in [7, 11) is 2.05. The summed E-state index contributed by atoms with van der Waals surface area (Å²) in [6.45, 7) is 6.99. The minimum Gasteiger partial charge on any atom is -0.316 e. The monoisotopic (exact) mass is 170 g/mol. The van der Waals surface area contributed by atoms with E-state index in [1.165, 1.54) is 32.4 Å². The highest BCUT2D eigenvalue weighted by Gasteiger charge is 2.22. The van der Waals surface area contributed by atoms with E-state index in [0.717, 1.165) is 5.92 Å². The molecule has 0 spiro atoms. The number of piperidine rings is 1. The molecule has 2 N–H and O–H groups in total. The maximum Gasteiger partial charge on any atom is 0.0125 e. The van der Waals surface area contributed by atoms with Gasteiger partial charge in [-0.25, -0.2) is 0 Å². The average Bonchev–Trinajstić information content (AvgIpc) is 2.06. The highest BCUT2D eigenvalue weighted by Crippen LogP contribution is 2.21. The van der Waals surface area contributed by atoms with Crippen LogP contribution < -0.4 is 10.6 Å². The molecule has 0 saturated carbocycles. The molecule has 1 unspecified atom stereocenters. The lowest BCUT2D eigenvalue weighted by molar-refractivity contribution is 0.268. The van der Waals surface area contributed by atoms with Crippen LogP contribution >= 0.6 is 0 Å². The van der Waals surface area contributed by atoms with Gasteiger partial charge < -0.3 is 10.6 Å². The molecule has 1 rings (SSSR count). The van der Waals surface area contributed by atoms with E-state index in [9.17, 15) is 0 Å². The highest BCUT2D eigenvalue weighted by atomic mass is 14.9. The van der Waals surface area contributed by atoms with E-state index in [4.69, 9.17) is 0 Å². The molecule has 2 heteroatoms. The van der Waals surface area contributed by atoms with Crippen molar-refractivity contribution in [2.24, 2.45) is 5.92 Å². The number of nitrogens with one attached hydrogen (secondary N) is 2. The lowest BCUT2D eigenvalue weighted by Gasteiger charge is -2.31. The predicted octanol–water partition coefficient (Wildman–Crippen LogP) is 1.37. The smallest absolute Gasteiger partial charge is 0.0125 e. The Labute approximate surface area is 76.1 Å². The van der Waals surface area contributed by atoms with Crippen LogP contribution in [-0.4, -0.2) is 25.7 Å². The van der Waals surface area contributed by atoms with Crippen molar-refractivity contribution in [3.8, 4) is 0 Å². The molecule has 0 amide bonds. The van der Waals surface area contributed by atoms with Crippen LogP contribution in [0.5, 0.6) is 0 Å². The summed E-state index contributed by atoms with van der Waals surface area (Å²) in [6.07, 6.45) is 4.04. The van der Waals surface area contributed by atoms with Crippen molar-refractivity contribution in [3.63, 3.8) is 0 Å². The normalized spacial score (nSPS) is 25.8. The number of hydrogen-bond acceptors (Lipinski definition) is 2. The molecule has 1 heterocycles. The molecule has 0 aliphatic carbocycles. The van der Waals surface area contributed by atoms with Crippen molar-refractivity contribution >= 4 is 0 Å². The van der Waals surface area contributed by atoms with Gasteiger partial charge in [-0.2, -0.15) is 0 Å². The van der Waals surface area contributed by atoms with Gasteiger partial charge in [-0.3, -0.25) is 0 Å². The Morgan fingerprint density at radius 2 is 2.25 bits per heavy atom. The molecule has 1 fully saturated rings. The molecule has 1 saturated heterocycles. The first-order valence-electron chi connectivity index (χ1n) is 5.04. The zero-order chi connectivity index (χ0) is 9.03. The van der Waals surface area contributed by atoms with Gasteiger partial charge in [0, 0.05) is 5.54 Å². The minimum atomic E-state index is 0.309. The summed E-state index contributed by atoms with van der Waals surface area (Å²) in [4.78, 5) is 0. The van der Waals surface area contributed by atoms with Crippen LogP contribution in [0.1, 0.15) is 33.1 Å². The van der Waals surface area contributed by atoms with Gasteiger partial charge >= 0.3 is 0 Å². The standard InChI is InChI=1S/C10H22N2/c1-10(2,11-3)7-9-5-4-6-12-8-9/h9,11-12H,4-8H2,1-3H3. The van der Waals surface area contributed by atoms with E-state index in [0.29, 0.717) is 5.54 Å². The van der Waals surface area contributed by atoms with Crippen molar-refractivity contribution in [2.45, 2.75) is 38.6 Å². The Kier molecular flexibility index (Phi) is 3.53. The molecular weight excluding hydrogens is 148 g/mol. The van der Waals surface area contributed by atoms with Gasteiger partial charge in [-0.1, -0.05) is 0 Å². The second kappa shape index (κ2) is 4.24. The second-order valence-corrected chi connectivity index (χ2v) is 4.55. The van der Waals surface area contributed by atoms with Crippen LogP contribution in [0, 0.1) is 5.92 Å². The fraction of sp³-hybridized carbons (Fsp3) is 1.00. The van der Waals surface area contributed by atoms with Crippen molar-refractivity contribution in [1.82, 2.24) is 10.6 Å². The van der Waals surface area contributed by atoms with Gasteiger partial charge in [0.15, 0.2) is 0 Å². The zero-order valence-electron chi connectivity index (χ0n) is 8.61. The fourth-order valence-corrected chi connectivity index (χ4v) is 1.92. The molecule has 2 nitrogen and oxygen atoms in total. The van der Waals surface area contributed by atoms with Crippen LogP contribution in [0.15, 0.2) is 0 Å². The summed E-state index contributed by atoms with van der Waals surface area (Å²) in [5.74, 6) is 0.876. The van der Waals surface area contributed by atoms with Gasteiger partial charge in [0.2, 0.25) is 0 Å². The van der Waals surface area contributed by atoms with Crippen molar-refractivity contribution in [1.29, 1.82) is 0 Å². The van der Waals surface area contributed by atoms with Gasteiger partial charge in [-0.15, -0.1) is 0 Å². The third kappa shape index (κ3) is 3.11. The summed E-state index contributed by atoms with van der Waals surface area (Å²) in [6, 6.07) is 0. The third-order valence-corrected chi connectivity index (χ3v) is 2.87. The Bertz CT molecular complexity index is 126. The van der Waals surface area contributed by atoms with E-state index in [-0.39, 0.29) is 0 Å². The molecule has 1 aliphatic rings. The van der Waals surface area contributed by atoms with Gasteiger partial charge in [-0.05, 0) is 59.2 Å². The molecule has 0 radical (unpaired) electrons. The third-order valence-electron chi connectivity index (χ3n) is 2.87. The molecular formula is C10H22N2. The number of rotatable bonds is 3. The Morgan fingerprint density at radius 1 is 1.50 bits per heavy atom. The maximum atomic E-state index is 3.45. The van der Waals surface area contributed by atoms with Crippen LogP contribution in [0.4, 0.5) is 0 Å². The van der Waals surface area contributed by atoms with Crippen molar-refractivity contribution in [3.05, 3.63) is 0 Å². The average molecular weight is 170 g/mol. The minimum absolute atomic E-state index is 0.309. The van der Waals surface area contributed by atoms with Crippen molar-refractivity contribution < 1.29 is 0 Å². The lowest BCUT2D eigenvalue weighted by Crippen LogP contribution is -2.41. The summed E-state index contributed by atoms with van der Waals surface area (Å²) in [5.41, 5.74) is 0.309. The van der Waals surface area contributed by atoms with Crippen LogP contribution in [-0.2, 0) is 0 Å². The van der Waals surface area contributed by atoms with E-state index in [1.807, 2.05) is 0 Å². The maximum absolute atomic E-state index is 3.45.